The van der Waals surface area contributed by atoms with Gasteiger partial charge in [0.1, 0.15) is 0 Å². The van der Waals surface area contributed by atoms with Crippen LogP contribution in [0.1, 0.15) is 30.4 Å². The quantitative estimate of drug-likeness (QED) is 0.567. The number of nitrogens with zero attached hydrogens (tertiary/aromatic N) is 2. The van der Waals surface area contributed by atoms with Gasteiger partial charge in [0.05, 0.1) is 6.20 Å². The van der Waals surface area contributed by atoms with Gasteiger partial charge >= 0.3 is 0 Å². The fourth-order valence-electron chi connectivity index (χ4n) is 2.97. The van der Waals surface area contributed by atoms with Crippen LogP contribution < -0.4 is 0 Å². The third-order valence-corrected chi connectivity index (χ3v) is 5.59. The highest BCUT2D eigenvalue weighted by Gasteiger charge is 2.05. The highest BCUT2D eigenvalue weighted by Crippen LogP contribution is 2.20. The number of aromatic nitrogens is 2. The molecule has 1 aromatic heterocycles. The summed E-state index contributed by atoms with van der Waals surface area (Å²) in [5, 5.41) is 6.74. The summed E-state index contributed by atoms with van der Waals surface area (Å²) < 4.78 is 14.4. The maximum absolute atomic E-state index is 12.4. The molecule has 3 aromatic rings. The Balaban J connectivity index is 1.44. The largest absolute Gasteiger partial charge is 0.272 e. The lowest BCUT2D eigenvalue weighted by Gasteiger charge is -2.07. The minimum absolute atomic E-state index is 0.652. The van der Waals surface area contributed by atoms with Crippen molar-refractivity contribution in [3.63, 3.8) is 0 Å². The first-order valence-electron chi connectivity index (χ1n) is 8.53. The monoisotopic (exact) mass is 340 g/mol. The molecule has 0 N–H and O–H groups in total. The Labute approximate surface area is 146 Å². The average molecular weight is 340 g/mol. The van der Waals surface area contributed by atoms with Crippen LogP contribution in [0.15, 0.2) is 54.9 Å². The molecule has 3 rings (SSSR count). The molecule has 0 fully saturated rings. The zero-order valence-electron chi connectivity index (χ0n) is 14.1. The summed E-state index contributed by atoms with van der Waals surface area (Å²) in [4.78, 5) is 0. The molecule has 24 heavy (non-hydrogen) atoms. The fourth-order valence-corrected chi connectivity index (χ4v) is 4.24. The predicted octanol–water partition coefficient (Wildman–Crippen LogP) is 4.46. The maximum Gasteiger partial charge on any atom is 0.0518 e. The van der Waals surface area contributed by atoms with Gasteiger partial charge in [0, 0.05) is 35.0 Å². The van der Waals surface area contributed by atoms with E-state index in [9.17, 15) is 4.21 Å². The van der Waals surface area contributed by atoms with Crippen LogP contribution in [0, 0.1) is 6.92 Å². The van der Waals surface area contributed by atoms with Crippen molar-refractivity contribution in [3.8, 4) is 0 Å². The number of unbranched alkanes of at least 4 members (excludes halogenated alkanes) is 2. The van der Waals surface area contributed by atoms with Gasteiger partial charge in [-0.15, -0.1) is 0 Å². The molecule has 0 saturated carbocycles. The molecule has 0 bridgehead atoms. The maximum atomic E-state index is 12.4. The third-order valence-electron chi connectivity index (χ3n) is 4.22. The zero-order valence-corrected chi connectivity index (χ0v) is 15.0. The molecule has 3 nitrogen and oxygen atoms in total. The summed E-state index contributed by atoms with van der Waals surface area (Å²) >= 11 is 0. The number of benzene rings is 2. The molecule has 2 aromatic carbocycles. The van der Waals surface area contributed by atoms with E-state index >= 15 is 0 Å². The van der Waals surface area contributed by atoms with Gasteiger partial charge in [-0.05, 0) is 41.7 Å². The molecule has 126 valence electrons. The van der Waals surface area contributed by atoms with E-state index in [1.807, 2.05) is 23.0 Å². The van der Waals surface area contributed by atoms with Gasteiger partial charge in [0.25, 0.3) is 0 Å². The number of fused-ring (bicyclic) bond motifs is 1. The molecule has 0 radical (unpaired) electrons. The predicted molar refractivity (Wildman–Crippen MR) is 101 cm³/mol. The molecule has 1 heterocycles. The molecule has 0 spiro atoms. The number of hydrogen-bond donors (Lipinski definition) is 0. The Hall–Kier alpha value is -1.94. The van der Waals surface area contributed by atoms with Crippen molar-refractivity contribution in [2.45, 2.75) is 38.5 Å². The van der Waals surface area contributed by atoms with Gasteiger partial charge in [-0.1, -0.05) is 48.9 Å². The van der Waals surface area contributed by atoms with E-state index in [1.54, 1.807) is 0 Å². The minimum Gasteiger partial charge on any atom is -0.272 e. The second kappa shape index (κ2) is 8.25. The minimum atomic E-state index is -0.793. The Morgan fingerprint density at radius 1 is 1.04 bits per heavy atom. The molecule has 0 aliphatic heterocycles. The van der Waals surface area contributed by atoms with E-state index in [4.69, 9.17) is 0 Å². The van der Waals surface area contributed by atoms with Gasteiger partial charge in [0.15, 0.2) is 0 Å². The van der Waals surface area contributed by atoms with E-state index in [0.717, 1.165) is 31.6 Å². The van der Waals surface area contributed by atoms with Crippen LogP contribution in [0.3, 0.4) is 0 Å². The summed E-state index contributed by atoms with van der Waals surface area (Å²) in [7, 11) is -0.793. The smallest absolute Gasteiger partial charge is 0.0518 e. The van der Waals surface area contributed by atoms with E-state index in [-0.39, 0.29) is 0 Å². The van der Waals surface area contributed by atoms with Crippen molar-refractivity contribution in [2.75, 3.05) is 5.75 Å². The normalized spacial score (nSPS) is 12.5. The van der Waals surface area contributed by atoms with Gasteiger partial charge in [0.2, 0.25) is 0 Å². The van der Waals surface area contributed by atoms with Gasteiger partial charge < -0.3 is 0 Å². The SMILES string of the molecule is Cc1cnn(CCCCCS(=O)Cc2cccc3ccccc23)c1. The second-order valence-corrected chi connectivity index (χ2v) is 7.84. The van der Waals surface area contributed by atoms with E-state index in [2.05, 4.69) is 48.6 Å². The first-order chi connectivity index (χ1) is 11.7. The topological polar surface area (TPSA) is 34.9 Å². The van der Waals surface area contributed by atoms with Gasteiger partial charge in [-0.25, -0.2) is 0 Å². The van der Waals surface area contributed by atoms with Crippen molar-refractivity contribution < 1.29 is 4.21 Å². The zero-order chi connectivity index (χ0) is 16.8. The molecule has 0 aliphatic carbocycles. The summed E-state index contributed by atoms with van der Waals surface area (Å²) in [6.45, 7) is 3.00. The van der Waals surface area contributed by atoms with Crippen molar-refractivity contribution in [1.82, 2.24) is 9.78 Å². The van der Waals surface area contributed by atoms with Crippen LogP contribution in [-0.2, 0) is 23.1 Å². The Morgan fingerprint density at radius 2 is 1.88 bits per heavy atom. The molecule has 4 heteroatoms. The molecular weight excluding hydrogens is 316 g/mol. The lowest BCUT2D eigenvalue weighted by atomic mass is 10.1. The van der Waals surface area contributed by atoms with E-state index in [0.29, 0.717) is 5.75 Å². The number of hydrogen-bond acceptors (Lipinski definition) is 2. The average Bonchev–Trinajstić information content (AvgIpc) is 3.00. The first kappa shape index (κ1) is 16.9. The van der Waals surface area contributed by atoms with Crippen LogP contribution in [-0.4, -0.2) is 19.7 Å². The highest BCUT2D eigenvalue weighted by molar-refractivity contribution is 7.84. The second-order valence-electron chi connectivity index (χ2n) is 6.27. The highest BCUT2D eigenvalue weighted by atomic mass is 32.2. The Kier molecular flexibility index (Phi) is 5.81. The van der Waals surface area contributed by atoms with E-state index < -0.39 is 10.8 Å². The van der Waals surface area contributed by atoms with Crippen LogP contribution in [0.5, 0.6) is 0 Å². The molecule has 1 unspecified atom stereocenters. The van der Waals surface area contributed by atoms with Crippen molar-refractivity contribution in [1.29, 1.82) is 0 Å². The molecule has 0 amide bonds. The van der Waals surface area contributed by atoms with Crippen molar-refractivity contribution >= 4 is 21.6 Å². The third kappa shape index (κ3) is 4.54. The van der Waals surface area contributed by atoms with Crippen molar-refractivity contribution in [3.05, 3.63) is 66.0 Å². The summed E-state index contributed by atoms with van der Waals surface area (Å²) in [6, 6.07) is 14.6. The van der Waals surface area contributed by atoms with Crippen LogP contribution >= 0.6 is 0 Å². The molecule has 0 aliphatic rings. The lowest BCUT2D eigenvalue weighted by molar-refractivity contribution is 0.553. The molecule has 0 saturated heterocycles. The number of rotatable bonds is 8. The molecular formula is C20H24N2OS. The van der Waals surface area contributed by atoms with Gasteiger partial charge in [-0.2, -0.15) is 5.10 Å². The summed E-state index contributed by atoms with van der Waals surface area (Å²) in [5.74, 6) is 1.43. The Bertz CT molecular complexity index is 820. The summed E-state index contributed by atoms with van der Waals surface area (Å²) in [6.07, 6.45) is 7.16. The Morgan fingerprint density at radius 3 is 2.71 bits per heavy atom. The fraction of sp³-hybridized carbons (Fsp3) is 0.350. The number of aryl methyl sites for hydroxylation is 2. The lowest BCUT2D eigenvalue weighted by Crippen LogP contribution is -2.03. The summed E-state index contributed by atoms with van der Waals surface area (Å²) in [5.41, 5.74) is 2.39. The van der Waals surface area contributed by atoms with Crippen molar-refractivity contribution in [2.24, 2.45) is 0 Å². The standard InChI is InChI=1S/C20H24N2OS/c1-17-14-21-22(15-17)12-5-2-6-13-24(23)16-19-10-7-9-18-8-3-4-11-20(18)19/h3-4,7-11,14-15H,2,5-6,12-13,16H2,1H3. The van der Waals surface area contributed by atoms with E-state index in [1.165, 1.54) is 21.9 Å². The van der Waals surface area contributed by atoms with Crippen LogP contribution in [0.4, 0.5) is 0 Å². The first-order valence-corrected chi connectivity index (χ1v) is 10.0. The molecule has 1 atom stereocenters. The van der Waals surface area contributed by atoms with Gasteiger partial charge in [-0.3, -0.25) is 8.89 Å². The van der Waals surface area contributed by atoms with Crippen LogP contribution in [0.2, 0.25) is 0 Å². The van der Waals surface area contributed by atoms with Crippen LogP contribution in [0.25, 0.3) is 10.8 Å².